The summed E-state index contributed by atoms with van der Waals surface area (Å²) in [5, 5.41) is 0. The SMILES string of the molecule is CCCCC/C=C\CCCCCCCC(=O)OC(COC(=O)CCCCCCCCCCCCC)COP(=O)(O)OC. The van der Waals surface area contributed by atoms with Gasteiger partial charge in [-0.1, -0.05) is 122 Å². The fourth-order valence-electron chi connectivity index (χ4n) is 4.59. The highest BCUT2D eigenvalue weighted by Gasteiger charge is 2.24. The molecule has 0 radical (unpaired) electrons. The van der Waals surface area contributed by atoms with Gasteiger partial charge >= 0.3 is 19.8 Å². The van der Waals surface area contributed by atoms with E-state index in [1.54, 1.807) is 0 Å². The normalized spacial score (nSPS) is 13.7. The summed E-state index contributed by atoms with van der Waals surface area (Å²) in [5.74, 6) is -0.813. The Morgan fingerprint density at radius 1 is 0.643 bits per heavy atom. The van der Waals surface area contributed by atoms with Crippen molar-refractivity contribution in [2.24, 2.45) is 0 Å². The molecule has 8 nitrogen and oxygen atoms in total. The molecule has 0 rings (SSSR count). The van der Waals surface area contributed by atoms with E-state index in [1.807, 2.05) is 0 Å². The third-order valence-corrected chi connectivity index (χ3v) is 8.20. The molecule has 248 valence electrons. The van der Waals surface area contributed by atoms with Crippen LogP contribution in [-0.4, -0.2) is 43.3 Å². The largest absolute Gasteiger partial charge is 0.472 e. The van der Waals surface area contributed by atoms with E-state index >= 15 is 0 Å². The molecule has 0 bridgehead atoms. The van der Waals surface area contributed by atoms with E-state index in [-0.39, 0.29) is 19.0 Å². The first-order valence-electron chi connectivity index (χ1n) is 16.9. The minimum absolute atomic E-state index is 0.224. The number of phosphoric ester groups is 1. The summed E-state index contributed by atoms with van der Waals surface area (Å²) in [4.78, 5) is 34.1. The summed E-state index contributed by atoms with van der Waals surface area (Å²) in [6.07, 6.45) is 28.3. The van der Waals surface area contributed by atoms with Crippen molar-refractivity contribution in [1.82, 2.24) is 0 Å². The predicted molar refractivity (Wildman–Crippen MR) is 170 cm³/mol. The molecule has 9 heteroatoms. The van der Waals surface area contributed by atoms with Crippen molar-refractivity contribution in [2.45, 2.75) is 168 Å². The Morgan fingerprint density at radius 2 is 1.07 bits per heavy atom. The fourth-order valence-corrected chi connectivity index (χ4v) is 5.05. The van der Waals surface area contributed by atoms with E-state index in [0.29, 0.717) is 12.8 Å². The molecule has 0 aromatic carbocycles. The van der Waals surface area contributed by atoms with Gasteiger partial charge in [-0.15, -0.1) is 0 Å². The van der Waals surface area contributed by atoms with Gasteiger partial charge in [0.2, 0.25) is 0 Å². The molecular weight excluding hydrogens is 555 g/mol. The number of hydrogen-bond acceptors (Lipinski definition) is 7. The lowest BCUT2D eigenvalue weighted by atomic mass is 10.1. The van der Waals surface area contributed by atoms with E-state index in [1.165, 1.54) is 77.0 Å². The third-order valence-electron chi connectivity index (χ3n) is 7.26. The first-order chi connectivity index (χ1) is 20.3. The maximum absolute atomic E-state index is 12.4. The Balaban J connectivity index is 4.13. The minimum atomic E-state index is -4.25. The monoisotopic (exact) mass is 618 g/mol. The van der Waals surface area contributed by atoms with E-state index in [9.17, 15) is 19.0 Å². The Morgan fingerprint density at radius 3 is 1.60 bits per heavy atom. The van der Waals surface area contributed by atoms with Crippen LogP contribution in [0, 0.1) is 0 Å². The highest BCUT2D eigenvalue weighted by Crippen LogP contribution is 2.42. The highest BCUT2D eigenvalue weighted by atomic mass is 31.2. The van der Waals surface area contributed by atoms with Crippen LogP contribution < -0.4 is 0 Å². The number of rotatable bonds is 31. The second-order valence-corrected chi connectivity index (χ2v) is 12.9. The van der Waals surface area contributed by atoms with Crippen LogP contribution in [0.2, 0.25) is 0 Å². The molecule has 2 atom stereocenters. The lowest BCUT2D eigenvalue weighted by Crippen LogP contribution is -2.29. The Kier molecular flexibility index (Phi) is 29.0. The molecule has 0 saturated carbocycles. The van der Waals surface area contributed by atoms with Crippen molar-refractivity contribution < 1.29 is 37.6 Å². The maximum atomic E-state index is 12.4. The molecule has 0 heterocycles. The highest BCUT2D eigenvalue weighted by molar-refractivity contribution is 7.47. The zero-order chi connectivity index (χ0) is 31.2. The zero-order valence-corrected chi connectivity index (χ0v) is 28.1. The van der Waals surface area contributed by atoms with Gasteiger partial charge in [0.1, 0.15) is 6.61 Å². The summed E-state index contributed by atoms with van der Waals surface area (Å²) in [7, 11) is -3.19. The van der Waals surface area contributed by atoms with E-state index in [2.05, 4.69) is 30.5 Å². The number of unbranched alkanes of at least 4 members (excludes halogenated alkanes) is 18. The number of ether oxygens (including phenoxy) is 2. The first kappa shape index (κ1) is 40.8. The number of esters is 2. The Bertz CT molecular complexity index is 712. The van der Waals surface area contributed by atoms with Gasteiger partial charge in [0, 0.05) is 20.0 Å². The molecule has 0 aliphatic carbocycles. The minimum Gasteiger partial charge on any atom is -0.462 e. The van der Waals surface area contributed by atoms with Gasteiger partial charge in [0.15, 0.2) is 6.10 Å². The molecule has 0 aliphatic heterocycles. The summed E-state index contributed by atoms with van der Waals surface area (Å²) in [5.41, 5.74) is 0. The van der Waals surface area contributed by atoms with Crippen LogP contribution >= 0.6 is 7.82 Å². The van der Waals surface area contributed by atoms with Crippen molar-refractivity contribution in [2.75, 3.05) is 20.3 Å². The van der Waals surface area contributed by atoms with Gasteiger partial charge in [-0.2, -0.15) is 0 Å². The Labute approximate surface area is 257 Å². The molecule has 0 saturated heterocycles. The number of phosphoric acid groups is 1. The lowest BCUT2D eigenvalue weighted by Gasteiger charge is -2.19. The molecule has 0 aromatic heterocycles. The van der Waals surface area contributed by atoms with E-state index < -0.39 is 26.5 Å². The van der Waals surface area contributed by atoms with Crippen LogP contribution in [0.4, 0.5) is 0 Å². The van der Waals surface area contributed by atoms with Crippen molar-refractivity contribution in [3.8, 4) is 0 Å². The number of carbonyl (C=O) groups excluding carboxylic acids is 2. The average molecular weight is 619 g/mol. The average Bonchev–Trinajstić information content (AvgIpc) is 2.97. The molecule has 0 aliphatic rings. The van der Waals surface area contributed by atoms with Crippen molar-refractivity contribution in [3.63, 3.8) is 0 Å². The van der Waals surface area contributed by atoms with Gasteiger partial charge in [-0.05, 0) is 38.5 Å². The maximum Gasteiger partial charge on any atom is 0.472 e. The second kappa shape index (κ2) is 29.8. The molecule has 0 amide bonds. The standard InChI is InChI=1S/C33H63O8P/c1-4-6-8-10-12-14-16-18-20-22-24-26-28-33(35)41-31(30-40-42(36,37)38-3)29-39-32(34)27-25-23-21-19-17-15-13-11-9-7-5-2/h12,14,31H,4-11,13,15-30H2,1-3H3,(H,36,37)/b14-12-. The fraction of sp³-hybridized carbons (Fsp3) is 0.879. The first-order valence-corrected chi connectivity index (χ1v) is 18.4. The summed E-state index contributed by atoms with van der Waals surface area (Å²) in [6, 6.07) is 0. The van der Waals surface area contributed by atoms with Crippen molar-refractivity contribution >= 4 is 19.8 Å². The second-order valence-electron chi connectivity index (χ2n) is 11.3. The van der Waals surface area contributed by atoms with Gasteiger partial charge in [0.05, 0.1) is 6.61 Å². The molecule has 2 unspecified atom stereocenters. The van der Waals surface area contributed by atoms with Crippen LogP contribution in [-0.2, 0) is 32.7 Å². The van der Waals surface area contributed by atoms with Crippen molar-refractivity contribution in [1.29, 1.82) is 0 Å². The van der Waals surface area contributed by atoms with Crippen LogP contribution in [0.3, 0.4) is 0 Å². The molecule has 0 aromatic rings. The van der Waals surface area contributed by atoms with Gasteiger partial charge in [-0.25, -0.2) is 4.57 Å². The summed E-state index contributed by atoms with van der Waals surface area (Å²) in [6.45, 7) is 3.82. The topological polar surface area (TPSA) is 108 Å². The zero-order valence-electron chi connectivity index (χ0n) is 27.2. The Hall–Kier alpha value is -1.21. The van der Waals surface area contributed by atoms with Gasteiger partial charge < -0.3 is 14.4 Å². The lowest BCUT2D eigenvalue weighted by molar-refractivity contribution is -0.161. The van der Waals surface area contributed by atoms with E-state index in [0.717, 1.165) is 58.5 Å². The van der Waals surface area contributed by atoms with Gasteiger partial charge in [0.25, 0.3) is 0 Å². The smallest absolute Gasteiger partial charge is 0.462 e. The molecule has 42 heavy (non-hydrogen) atoms. The van der Waals surface area contributed by atoms with Crippen LogP contribution in [0.15, 0.2) is 12.2 Å². The molecular formula is C33H63O8P. The summed E-state index contributed by atoms with van der Waals surface area (Å²) >= 11 is 0. The third kappa shape index (κ3) is 28.9. The predicted octanol–water partition coefficient (Wildman–Crippen LogP) is 9.77. The number of carbonyl (C=O) groups is 2. The van der Waals surface area contributed by atoms with Crippen LogP contribution in [0.1, 0.15) is 162 Å². The van der Waals surface area contributed by atoms with Crippen molar-refractivity contribution in [3.05, 3.63) is 12.2 Å². The van der Waals surface area contributed by atoms with Crippen LogP contribution in [0.5, 0.6) is 0 Å². The van der Waals surface area contributed by atoms with E-state index in [4.69, 9.17) is 14.0 Å². The van der Waals surface area contributed by atoms with Gasteiger partial charge in [-0.3, -0.25) is 18.6 Å². The molecule has 1 N–H and O–H groups in total. The molecule has 0 spiro atoms. The number of hydrogen-bond donors (Lipinski definition) is 1. The number of allylic oxidation sites excluding steroid dienone is 2. The quantitative estimate of drug-likeness (QED) is 0.0354. The summed E-state index contributed by atoms with van der Waals surface area (Å²) < 4.78 is 31.7. The molecule has 0 fully saturated rings. The van der Waals surface area contributed by atoms with Crippen LogP contribution in [0.25, 0.3) is 0 Å².